The minimum Gasteiger partial charge on any atom is -0.319 e. The van der Waals surface area contributed by atoms with Crippen LogP contribution < -0.4 is 16.4 Å². The molecule has 20 heavy (non-hydrogen) atoms. The Balaban J connectivity index is 1.97. The zero-order valence-electron chi connectivity index (χ0n) is 9.80. The van der Waals surface area contributed by atoms with Crippen molar-refractivity contribution in [3.63, 3.8) is 0 Å². The van der Waals surface area contributed by atoms with E-state index < -0.39 is 17.0 Å². The molecule has 0 atom stereocenters. The molecule has 2 aromatic heterocycles. The Labute approximate surface area is 109 Å². The summed E-state index contributed by atoms with van der Waals surface area (Å²) in [6, 6.07) is 4.62. The normalized spacial score (nSPS) is 10.6. The summed E-state index contributed by atoms with van der Waals surface area (Å²) in [6.07, 6.45) is 0. The van der Waals surface area contributed by atoms with Crippen LogP contribution in [-0.2, 0) is 0 Å². The zero-order chi connectivity index (χ0) is 14.1. The van der Waals surface area contributed by atoms with Crippen LogP contribution in [-0.4, -0.2) is 36.5 Å². The fourth-order valence-electron chi connectivity index (χ4n) is 1.64. The second kappa shape index (κ2) is 4.42. The van der Waals surface area contributed by atoms with Crippen LogP contribution in [0.5, 0.6) is 0 Å². The predicted molar refractivity (Wildman–Crippen MR) is 67.3 cm³/mol. The van der Waals surface area contributed by atoms with Gasteiger partial charge in [0.15, 0.2) is 0 Å². The first-order chi connectivity index (χ1) is 9.63. The van der Waals surface area contributed by atoms with E-state index in [0.717, 1.165) is 0 Å². The van der Waals surface area contributed by atoms with Crippen molar-refractivity contribution in [1.82, 2.24) is 30.6 Å². The highest BCUT2D eigenvalue weighted by Gasteiger charge is 2.11. The molecule has 1 amide bonds. The molecule has 0 aliphatic heterocycles. The van der Waals surface area contributed by atoms with Gasteiger partial charge in [0, 0.05) is 5.69 Å². The first kappa shape index (κ1) is 11.8. The molecule has 0 unspecified atom stereocenters. The summed E-state index contributed by atoms with van der Waals surface area (Å²) in [6.45, 7) is 0. The minimum absolute atomic E-state index is 0.111. The lowest BCUT2D eigenvalue weighted by Gasteiger charge is -2.03. The van der Waals surface area contributed by atoms with Gasteiger partial charge in [-0.1, -0.05) is 0 Å². The first-order valence-electron chi connectivity index (χ1n) is 5.44. The standard InChI is InChI=1S/C10H7N7O3/c18-8(7-14-16-17-15-7)11-4-1-2-5-6(3-4)13-10(20)9(19)12-5/h1-3H,(H,11,18)(H,12,19)(H,13,20)(H,14,15,16,17). The summed E-state index contributed by atoms with van der Waals surface area (Å²) in [5.74, 6) is -0.662. The van der Waals surface area contributed by atoms with Crippen LogP contribution in [0.15, 0.2) is 27.8 Å². The van der Waals surface area contributed by atoms with Crippen LogP contribution in [0.1, 0.15) is 10.6 Å². The molecule has 0 radical (unpaired) electrons. The fourth-order valence-corrected chi connectivity index (χ4v) is 1.64. The number of benzene rings is 1. The number of H-pyrrole nitrogens is 3. The van der Waals surface area contributed by atoms with Gasteiger partial charge >= 0.3 is 11.1 Å². The Morgan fingerprint density at radius 3 is 2.55 bits per heavy atom. The third-order valence-corrected chi connectivity index (χ3v) is 2.53. The number of nitrogens with zero attached hydrogens (tertiary/aromatic N) is 3. The average Bonchev–Trinajstić information content (AvgIpc) is 2.94. The lowest BCUT2D eigenvalue weighted by molar-refractivity contribution is 0.101. The largest absolute Gasteiger partial charge is 0.319 e. The Bertz CT molecular complexity index is 893. The summed E-state index contributed by atoms with van der Waals surface area (Å²) in [4.78, 5) is 38.9. The van der Waals surface area contributed by atoms with Gasteiger partial charge in [0.2, 0.25) is 0 Å². The van der Waals surface area contributed by atoms with E-state index in [4.69, 9.17) is 0 Å². The predicted octanol–water partition coefficient (Wildman–Crippen LogP) is -1.02. The van der Waals surface area contributed by atoms with Gasteiger partial charge in [-0.2, -0.15) is 5.21 Å². The number of anilines is 1. The Hall–Kier alpha value is -3.30. The topological polar surface area (TPSA) is 149 Å². The molecule has 3 aromatic rings. The molecule has 0 fully saturated rings. The third-order valence-electron chi connectivity index (χ3n) is 2.53. The van der Waals surface area contributed by atoms with Gasteiger partial charge in [-0.25, -0.2) is 0 Å². The van der Waals surface area contributed by atoms with Crippen molar-refractivity contribution in [2.45, 2.75) is 0 Å². The fraction of sp³-hybridized carbons (Fsp3) is 0. The molecule has 0 aliphatic carbocycles. The van der Waals surface area contributed by atoms with Gasteiger partial charge < -0.3 is 15.3 Å². The van der Waals surface area contributed by atoms with Crippen LogP contribution in [0.4, 0.5) is 5.69 Å². The molecule has 2 heterocycles. The van der Waals surface area contributed by atoms with Gasteiger partial charge in [0.05, 0.1) is 11.0 Å². The number of aromatic amines is 3. The highest BCUT2D eigenvalue weighted by Crippen LogP contribution is 2.14. The zero-order valence-corrected chi connectivity index (χ0v) is 9.80. The number of carbonyl (C=O) groups is 1. The molecule has 100 valence electrons. The summed E-state index contributed by atoms with van der Waals surface area (Å²) in [5, 5.41) is 15.0. The molecular formula is C10H7N7O3. The van der Waals surface area contributed by atoms with Gasteiger partial charge in [-0.3, -0.25) is 14.4 Å². The van der Waals surface area contributed by atoms with E-state index in [1.54, 1.807) is 12.1 Å². The van der Waals surface area contributed by atoms with Crippen molar-refractivity contribution >= 4 is 22.6 Å². The highest BCUT2D eigenvalue weighted by molar-refractivity contribution is 6.02. The van der Waals surface area contributed by atoms with Gasteiger partial charge in [0.25, 0.3) is 11.7 Å². The van der Waals surface area contributed by atoms with Gasteiger partial charge in [0.1, 0.15) is 0 Å². The highest BCUT2D eigenvalue weighted by atomic mass is 16.2. The Morgan fingerprint density at radius 1 is 1.10 bits per heavy atom. The van der Waals surface area contributed by atoms with Crippen LogP contribution in [0.3, 0.4) is 0 Å². The molecule has 4 N–H and O–H groups in total. The first-order valence-corrected chi connectivity index (χ1v) is 5.44. The van der Waals surface area contributed by atoms with E-state index >= 15 is 0 Å². The number of carbonyl (C=O) groups excluding carboxylic acids is 1. The lowest BCUT2D eigenvalue weighted by Crippen LogP contribution is -2.28. The molecule has 3 rings (SSSR count). The molecule has 0 saturated carbocycles. The van der Waals surface area contributed by atoms with Crippen LogP contribution in [0.25, 0.3) is 11.0 Å². The van der Waals surface area contributed by atoms with Crippen molar-refractivity contribution in [3.05, 3.63) is 44.7 Å². The van der Waals surface area contributed by atoms with Crippen LogP contribution in [0.2, 0.25) is 0 Å². The number of fused-ring (bicyclic) bond motifs is 1. The summed E-state index contributed by atoms with van der Waals surface area (Å²) in [7, 11) is 0. The van der Waals surface area contributed by atoms with Crippen molar-refractivity contribution in [2.75, 3.05) is 5.32 Å². The van der Waals surface area contributed by atoms with Gasteiger partial charge in [-0.05, 0) is 23.4 Å². The monoisotopic (exact) mass is 273 g/mol. The molecule has 0 aliphatic rings. The smallest absolute Gasteiger partial charge is 0.314 e. The van der Waals surface area contributed by atoms with E-state index in [9.17, 15) is 14.4 Å². The molecule has 10 nitrogen and oxygen atoms in total. The van der Waals surface area contributed by atoms with E-state index in [1.807, 2.05) is 0 Å². The number of aromatic nitrogens is 6. The second-order valence-electron chi connectivity index (χ2n) is 3.86. The van der Waals surface area contributed by atoms with Crippen LogP contribution in [0, 0.1) is 0 Å². The van der Waals surface area contributed by atoms with E-state index in [0.29, 0.717) is 16.7 Å². The quantitative estimate of drug-likeness (QED) is 0.439. The molecular weight excluding hydrogens is 266 g/mol. The number of rotatable bonds is 2. The maximum atomic E-state index is 11.7. The minimum atomic E-state index is -0.765. The summed E-state index contributed by atoms with van der Waals surface area (Å²) < 4.78 is 0. The number of nitrogens with one attached hydrogen (secondary N) is 4. The number of amides is 1. The molecule has 1 aromatic carbocycles. The average molecular weight is 273 g/mol. The maximum absolute atomic E-state index is 11.7. The number of hydrogen-bond donors (Lipinski definition) is 4. The molecule has 0 spiro atoms. The van der Waals surface area contributed by atoms with Crippen molar-refractivity contribution in [1.29, 1.82) is 0 Å². The number of hydrogen-bond acceptors (Lipinski definition) is 6. The van der Waals surface area contributed by atoms with Crippen LogP contribution >= 0.6 is 0 Å². The van der Waals surface area contributed by atoms with Crippen molar-refractivity contribution in [2.24, 2.45) is 0 Å². The number of tetrazole rings is 1. The second-order valence-corrected chi connectivity index (χ2v) is 3.86. The van der Waals surface area contributed by atoms with Crippen molar-refractivity contribution < 1.29 is 4.79 Å². The Kier molecular flexibility index (Phi) is 2.60. The van der Waals surface area contributed by atoms with E-state index in [1.165, 1.54) is 6.07 Å². The lowest BCUT2D eigenvalue weighted by atomic mass is 10.2. The maximum Gasteiger partial charge on any atom is 0.314 e. The van der Waals surface area contributed by atoms with Gasteiger partial charge in [-0.15, -0.1) is 10.2 Å². The third kappa shape index (κ3) is 2.05. The van der Waals surface area contributed by atoms with E-state index in [-0.39, 0.29) is 5.82 Å². The summed E-state index contributed by atoms with van der Waals surface area (Å²) in [5.41, 5.74) is -0.247. The Morgan fingerprint density at radius 2 is 1.85 bits per heavy atom. The molecule has 10 heteroatoms. The SMILES string of the molecule is O=C(Nc1ccc2[nH]c(=O)c(=O)[nH]c2c1)c1nn[nH]n1. The molecule has 0 bridgehead atoms. The molecule has 0 saturated heterocycles. The van der Waals surface area contributed by atoms with Crippen molar-refractivity contribution in [3.8, 4) is 0 Å². The summed E-state index contributed by atoms with van der Waals surface area (Å²) >= 11 is 0. The van der Waals surface area contributed by atoms with E-state index in [2.05, 4.69) is 35.9 Å².